The monoisotopic (exact) mass is 298 g/mol. The van der Waals surface area contributed by atoms with Gasteiger partial charge in [-0.2, -0.15) is 0 Å². The van der Waals surface area contributed by atoms with Crippen LogP contribution in [0.4, 0.5) is 0 Å². The average molecular weight is 299 g/mol. The fraction of sp³-hybridized carbons (Fsp3) is 0.667. The molecule has 0 aliphatic heterocycles. The van der Waals surface area contributed by atoms with E-state index in [4.69, 9.17) is 11.6 Å². The van der Waals surface area contributed by atoms with Crippen molar-refractivity contribution in [1.82, 2.24) is 9.88 Å². The number of aromatic nitrogens is 1. The second-order valence-corrected chi connectivity index (χ2v) is 6.06. The number of hydrogen-bond acceptors (Lipinski definition) is 2. The van der Waals surface area contributed by atoms with Gasteiger partial charge in [-0.1, -0.05) is 18.5 Å². The number of nitrogens with one attached hydrogen (secondary N) is 1. The number of carbonyl (C=O) groups is 1. The Balaban J connectivity index is 1.88. The summed E-state index contributed by atoms with van der Waals surface area (Å²) in [5, 5.41) is 13.1. The first kappa shape index (κ1) is 15.4. The maximum atomic E-state index is 12.2. The fourth-order valence-electron chi connectivity index (χ4n) is 2.77. The van der Waals surface area contributed by atoms with E-state index in [1.165, 1.54) is 0 Å². The van der Waals surface area contributed by atoms with Crippen LogP contribution in [-0.4, -0.2) is 28.2 Å². The normalized spacial score (nSPS) is 22.8. The van der Waals surface area contributed by atoms with Crippen LogP contribution in [0.2, 0.25) is 5.02 Å². The van der Waals surface area contributed by atoms with Gasteiger partial charge >= 0.3 is 0 Å². The number of rotatable bonds is 5. The molecule has 112 valence electrons. The third-order valence-corrected chi connectivity index (χ3v) is 4.13. The van der Waals surface area contributed by atoms with Crippen molar-refractivity contribution in [3.63, 3.8) is 0 Å². The number of amides is 1. The highest BCUT2D eigenvalue weighted by Crippen LogP contribution is 2.23. The standard InChI is InChI=1S/C15H23ClN2O2/c1-2-7-18-10-12(16)8-14(18)15(20)17-9-11-3-5-13(19)6-4-11/h8,10-11,13,19H,2-7,9H2,1H3,(H,17,20). The van der Waals surface area contributed by atoms with Crippen LogP contribution in [0.15, 0.2) is 12.3 Å². The minimum Gasteiger partial charge on any atom is -0.393 e. The number of halogens is 1. The van der Waals surface area contributed by atoms with E-state index < -0.39 is 0 Å². The van der Waals surface area contributed by atoms with Crippen molar-refractivity contribution in [3.8, 4) is 0 Å². The Morgan fingerprint density at radius 3 is 2.80 bits per heavy atom. The van der Waals surface area contributed by atoms with Crippen LogP contribution >= 0.6 is 11.6 Å². The van der Waals surface area contributed by atoms with E-state index in [-0.39, 0.29) is 12.0 Å². The van der Waals surface area contributed by atoms with Gasteiger partial charge in [-0.3, -0.25) is 4.79 Å². The van der Waals surface area contributed by atoms with Crippen LogP contribution in [0.3, 0.4) is 0 Å². The molecular weight excluding hydrogens is 276 g/mol. The van der Waals surface area contributed by atoms with Gasteiger partial charge in [0.2, 0.25) is 0 Å². The highest BCUT2D eigenvalue weighted by atomic mass is 35.5. The van der Waals surface area contributed by atoms with E-state index in [9.17, 15) is 9.90 Å². The molecule has 1 fully saturated rings. The molecule has 1 aromatic rings. The molecule has 0 saturated heterocycles. The minimum atomic E-state index is -0.150. The maximum Gasteiger partial charge on any atom is 0.267 e. The molecule has 1 aliphatic rings. The van der Waals surface area contributed by atoms with E-state index in [0.717, 1.165) is 38.6 Å². The number of aliphatic hydroxyl groups excluding tert-OH is 1. The molecule has 0 spiro atoms. The summed E-state index contributed by atoms with van der Waals surface area (Å²) in [4.78, 5) is 12.2. The summed E-state index contributed by atoms with van der Waals surface area (Å²) < 4.78 is 1.91. The zero-order valence-electron chi connectivity index (χ0n) is 11.9. The molecule has 20 heavy (non-hydrogen) atoms. The van der Waals surface area contributed by atoms with E-state index in [2.05, 4.69) is 12.2 Å². The number of nitrogens with zero attached hydrogens (tertiary/aromatic N) is 1. The quantitative estimate of drug-likeness (QED) is 0.878. The van der Waals surface area contributed by atoms with Crippen molar-refractivity contribution in [3.05, 3.63) is 23.0 Å². The SMILES string of the molecule is CCCn1cc(Cl)cc1C(=O)NCC1CCC(O)CC1. The smallest absolute Gasteiger partial charge is 0.267 e. The van der Waals surface area contributed by atoms with Gasteiger partial charge in [0, 0.05) is 19.3 Å². The van der Waals surface area contributed by atoms with E-state index in [1.54, 1.807) is 12.3 Å². The summed E-state index contributed by atoms with van der Waals surface area (Å²) >= 11 is 5.98. The summed E-state index contributed by atoms with van der Waals surface area (Å²) in [5.74, 6) is 0.420. The topological polar surface area (TPSA) is 54.3 Å². The lowest BCUT2D eigenvalue weighted by molar-refractivity contribution is 0.0902. The first-order chi connectivity index (χ1) is 9.60. The molecule has 2 rings (SSSR count). The molecule has 1 saturated carbocycles. The Bertz CT molecular complexity index is 451. The zero-order chi connectivity index (χ0) is 14.5. The van der Waals surface area contributed by atoms with Crippen molar-refractivity contribution in [2.75, 3.05) is 6.54 Å². The molecule has 1 aromatic heterocycles. The summed E-state index contributed by atoms with van der Waals surface area (Å²) in [6.45, 7) is 3.55. The third kappa shape index (κ3) is 4.00. The van der Waals surface area contributed by atoms with E-state index in [1.807, 2.05) is 4.57 Å². The Hall–Kier alpha value is -1.00. The summed E-state index contributed by atoms with van der Waals surface area (Å²) in [7, 11) is 0. The highest BCUT2D eigenvalue weighted by Gasteiger charge is 2.20. The van der Waals surface area contributed by atoms with Gasteiger partial charge in [0.15, 0.2) is 0 Å². The Morgan fingerprint density at radius 1 is 1.45 bits per heavy atom. The predicted octanol–water partition coefficient (Wildman–Crippen LogP) is 2.83. The van der Waals surface area contributed by atoms with Crippen LogP contribution in [0.5, 0.6) is 0 Å². The maximum absolute atomic E-state index is 12.2. The van der Waals surface area contributed by atoms with Gasteiger partial charge in [-0.05, 0) is 44.1 Å². The van der Waals surface area contributed by atoms with Gasteiger partial charge in [0.25, 0.3) is 5.91 Å². The largest absolute Gasteiger partial charge is 0.393 e. The van der Waals surface area contributed by atoms with Crippen molar-refractivity contribution in [2.24, 2.45) is 5.92 Å². The molecule has 0 unspecified atom stereocenters. The molecule has 1 heterocycles. The third-order valence-electron chi connectivity index (χ3n) is 3.93. The molecule has 1 amide bonds. The van der Waals surface area contributed by atoms with Crippen LogP contribution in [0.1, 0.15) is 49.5 Å². The van der Waals surface area contributed by atoms with Crippen molar-refractivity contribution < 1.29 is 9.90 Å². The Labute approximate surface area is 125 Å². The molecular formula is C15H23ClN2O2. The first-order valence-corrected chi connectivity index (χ1v) is 7.80. The average Bonchev–Trinajstić information content (AvgIpc) is 2.79. The second-order valence-electron chi connectivity index (χ2n) is 5.62. The lowest BCUT2D eigenvalue weighted by Gasteiger charge is -2.25. The second kappa shape index (κ2) is 7.14. The lowest BCUT2D eigenvalue weighted by atomic mass is 9.87. The van der Waals surface area contributed by atoms with E-state index in [0.29, 0.717) is 23.2 Å². The van der Waals surface area contributed by atoms with Crippen LogP contribution in [0.25, 0.3) is 0 Å². The van der Waals surface area contributed by atoms with Crippen LogP contribution < -0.4 is 5.32 Å². The summed E-state index contributed by atoms with van der Waals surface area (Å²) in [6.07, 6.45) is 6.28. The molecule has 0 radical (unpaired) electrons. The molecule has 5 heteroatoms. The lowest BCUT2D eigenvalue weighted by Crippen LogP contribution is -2.33. The number of aryl methyl sites for hydroxylation is 1. The van der Waals surface area contributed by atoms with Crippen molar-refractivity contribution in [2.45, 2.75) is 51.7 Å². The van der Waals surface area contributed by atoms with Crippen molar-refractivity contribution >= 4 is 17.5 Å². The molecule has 2 N–H and O–H groups in total. The fourth-order valence-corrected chi connectivity index (χ4v) is 2.99. The van der Waals surface area contributed by atoms with Gasteiger partial charge in [-0.15, -0.1) is 0 Å². The Kier molecular flexibility index (Phi) is 5.49. The first-order valence-electron chi connectivity index (χ1n) is 7.42. The molecule has 0 aromatic carbocycles. The zero-order valence-corrected chi connectivity index (χ0v) is 12.7. The molecule has 0 atom stereocenters. The summed E-state index contributed by atoms with van der Waals surface area (Å²) in [6, 6.07) is 1.72. The van der Waals surface area contributed by atoms with Gasteiger partial charge < -0.3 is 15.0 Å². The number of aliphatic hydroxyl groups is 1. The molecule has 0 bridgehead atoms. The van der Waals surface area contributed by atoms with Gasteiger partial charge in [0.05, 0.1) is 11.1 Å². The van der Waals surface area contributed by atoms with E-state index >= 15 is 0 Å². The van der Waals surface area contributed by atoms with Gasteiger partial charge in [-0.25, -0.2) is 0 Å². The number of hydrogen-bond donors (Lipinski definition) is 2. The molecule has 4 nitrogen and oxygen atoms in total. The van der Waals surface area contributed by atoms with Crippen LogP contribution in [-0.2, 0) is 6.54 Å². The highest BCUT2D eigenvalue weighted by molar-refractivity contribution is 6.31. The minimum absolute atomic E-state index is 0.0588. The Morgan fingerprint density at radius 2 is 2.15 bits per heavy atom. The van der Waals surface area contributed by atoms with Crippen LogP contribution in [0, 0.1) is 5.92 Å². The number of carbonyl (C=O) groups excluding carboxylic acids is 1. The van der Waals surface area contributed by atoms with Crippen molar-refractivity contribution in [1.29, 1.82) is 0 Å². The molecule has 1 aliphatic carbocycles. The van der Waals surface area contributed by atoms with Gasteiger partial charge in [0.1, 0.15) is 5.69 Å². The predicted molar refractivity (Wildman–Crippen MR) is 80.0 cm³/mol. The summed E-state index contributed by atoms with van der Waals surface area (Å²) in [5.41, 5.74) is 0.632.